The minimum atomic E-state index is -0.247. The highest BCUT2D eigenvalue weighted by molar-refractivity contribution is 9.10. The van der Waals surface area contributed by atoms with Gasteiger partial charge in [0.2, 0.25) is 0 Å². The minimum Gasteiger partial charge on any atom is -0.327 e. The SMILES string of the molecule is Cc1cccc(-c2nccn2Cc2ccc(F)c(Br)c2)c1. The molecular weight excluding hydrogens is 331 g/mol. The third-order valence-corrected chi connectivity index (χ3v) is 3.94. The van der Waals surface area contributed by atoms with E-state index in [1.165, 1.54) is 11.6 Å². The van der Waals surface area contributed by atoms with Gasteiger partial charge in [-0.2, -0.15) is 0 Å². The van der Waals surface area contributed by atoms with Crippen molar-refractivity contribution in [1.82, 2.24) is 9.55 Å². The molecule has 106 valence electrons. The third-order valence-electron chi connectivity index (χ3n) is 3.33. The van der Waals surface area contributed by atoms with E-state index in [1.54, 1.807) is 18.3 Å². The van der Waals surface area contributed by atoms with Crippen LogP contribution in [0.4, 0.5) is 4.39 Å². The van der Waals surface area contributed by atoms with Gasteiger partial charge in [-0.25, -0.2) is 9.37 Å². The Labute approximate surface area is 131 Å². The van der Waals surface area contributed by atoms with Crippen molar-refractivity contribution in [2.75, 3.05) is 0 Å². The Morgan fingerprint density at radius 3 is 2.81 bits per heavy atom. The monoisotopic (exact) mass is 344 g/mol. The van der Waals surface area contributed by atoms with Crippen molar-refractivity contribution in [2.45, 2.75) is 13.5 Å². The summed E-state index contributed by atoms with van der Waals surface area (Å²) in [6, 6.07) is 13.3. The third kappa shape index (κ3) is 3.05. The fraction of sp³-hybridized carbons (Fsp3) is 0.118. The van der Waals surface area contributed by atoms with Crippen molar-refractivity contribution in [2.24, 2.45) is 0 Å². The van der Waals surface area contributed by atoms with E-state index in [-0.39, 0.29) is 5.82 Å². The minimum absolute atomic E-state index is 0.247. The molecule has 0 N–H and O–H groups in total. The molecule has 0 atom stereocenters. The van der Waals surface area contributed by atoms with Crippen molar-refractivity contribution >= 4 is 15.9 Å². The molecule has 0 fully saturated rings. The molecule has 2 aromatic carbocycles. The summed E-state index contributed by atoms with van der Waals surface area (Å²) in [7, 11) is 0. The lowest BCUT2D eigenvalue weighted by molar-refractivity contribution is 0.619. The van der Waals surface area contributed by atoms with E-state index in [2.05, 4.69) is 44.5 Å². The van der Waals surface area contributed by atoms with Crippen molar-refractivity contribution in [3.05, 3.63) is 76.3 Å². The fourth-order valence-corrected chi connectivity index (χ4v) is 2.74. The van der Waals surface area contributed by atoms with Gasteiger partial charge in [-0.3, -0.25) is 0 Å². The highest BCUT2D eigenvalue weighted by atomic mass is 79.9. The van der Waals surface area contributed by atoms with Crippen LogP contribution in [0.25, 0.3) is 11.4 Å². The Morgan fingerprint density at radius 1 is 1.19 bits per heavy atom. The van der Waals surface area contributed by atoms with Gasteiger partial charge in [-0.05, 0) is 46.6 Å². The maximum atomic E-state index is 13.3. The Morgan fingerprint density at radius 2 is 2.05 bits per heavy atom. The van der Waals surface area contributed by atoms with Crippen molar-refractivity contribution in [3.63, 3.8) is 0 Å². The second-order valence-corrected chi connectivity index (χ2v) is 5.85. The molecule has 0 aliphatic rings. The molecule has 3 rings (SSSR count). The second-order valence-electron chi connectivity index (χ2n) is 5.00. The first-order chi connectivity index (χ1) is 10.1. The van der Waals surface area contributed by atoms with E-state index < -0.39 is 0 Å². The molecule has 21 heavy (non-hydrogen) atoms. The highest BCUT2D eigenvalue weighted by Crippen LogP contribution is 2.22. The molecule has 2 nitrogen and oxygen atoms in total. The summed E-state index contributed by atoms with van der Waals surface area (Å²) in [6.07, 6.45) is 3.73. The van der Waals surface area contributed by atoms with Crippen LogP contribution < -0.4 is 0 Å². The van der Waals surface area contributed by atoms with Crippen LogP contribution in [0.5, 0.6) is 0 Å². The molecule has 4 heteroatoms. The smallest absolute Gasteiger partial charge is 0.140 e. The molecule has 1 heterocycles. The lowest BCUT2D eigenvalue weighted by Gasteiger charge is -2.09. The van der Waals surface area contributed by atoms with Crippen LogP contribution >= 0.6 is 15.9 Å². The van der Waals surface area contributed by atoms with Crippen LogP contribution in [-0.4, -0.2) is 9.55 Å². The molecule has 0 amide bonds. The highest BCUT2D eigenvalue weighted by Gasteiger charge is 2.08. The van der Waals surface area contributed by atoms with Crippen LogP contribution in [0.1, 0.15) is 11.1 Å². The second kappa shape index (κ2) is 5.82. The molecule has 0 unspecified atom stereocenters. The maximum absolute atomic E-state index is 13.3. The van der Waals surface area contributed by atoms with E-state index in [4.69, 9.17) is 0 Å². The van der Waals surface area contributed by atoms with Gasteiger partial charge in [-0.1, -0.05) is 29.8 Å². The molecule has 0 saturated heterocycles. The van der Waals surface area contributed by atoms with Gasteiger partial charge in [0.1, 0.15) is 11.6 Å². The number of aryl methyl sites for hydroxylation is 1. The molecule has 0 spiro atoms. The summed E-state index contributed by atoms with van der Waals surface area (Å²) in [6.45, 7) is 2.72. The quantitative estimate of drug-likeness (QED) is 0.666. The number of hydrogen-bond donors (Lipinski definition) is 0. The Balaban J connectivity index is 1.94. The summed E-state index contributed by atoms with van der Waals surface area (Å²) in [4.78, 5) is 4.44. The zero-order chi connectivity index (χ0) is 14.8. The number of aromatic nitrogens is 2. The number of imidazole rings is 1. The topological polar surface area (TPSA) is 17.8 Å². The molecule has 0 radical (unpaired) electrons. The van der Waals surface area contributed by atoms with Crippen molar-refractivity contribution in [1.29, 1.82) is 0 Å². The first-order valence-corrected chi connectivity index (χ1v) is 7.45. The van der Waals surface area contributed by atoms with Gasteiger partial charge in [0.05, 0.1) is 4.47 Å². The van der Waals surface area contributed by atoms with E-state index >= 15 is 0 Å². The van der Waals surface area contributed by atoms with Gasteiger partial charge < -0.3 is 4.57 Å². The number of halogens is 2. The van der Waals surface area contributed by atoms with Crippen molar-refractivity contribution < 1.29 is 4.39 Å². The lowest BCUT2D eigenvalue weighted by atomic mass is 10.1. The molecule has 0 aliphatic carbocycles. The van der Waals surface area contributed by atoms with E-state index in [0.717, 1.165) is 17.0 Å². The zero-order valence-electron chi connectivity index (χ0n) is 11.6. The van der Waals surface area contributed by atoms with Gasteiger partial charge in [-0.15, -0.1) is 0 Å². The van der Waals surface area contributed by atoms with E-state index in [0.29, 0.717) is 11.0 Å². The summed E-state index contributed by atoms with van der Waals surface area (Å²) in [5.74, 6) is 0.669. The summed E-state index contributed by atoms with van der Waals surface area (Å²) < 4.78 is 15.8. The molecule has 0 bridgehead atoms. The summed E-state index contributed by atoms with van der Waals surface area (Å²) in [5, 5.41) is 0. The summed E-state index contributed by atoms with van der Waals surface area (Å²) in [5.41, 5.74) is 3.31. The largest absolute Gasteiger partial charge is 0.327 e. The van der Waals surface area contributed by atoms with Gasteiger partial charge in [0.25, 0.3) is 0 Å². The van der Waals surface area contributed by atoms with Crippen LogP contribution in [0.15, 0.2) is 59.3 Å². The predicted octanol–water partition coefficient (Wildman–Crippen LogP) is 4.81. The standard InChI is InChI=1S/C17H14BrFN2/c1-12-3-2-4-14(9-12)17-20-7-8-21(17)11-13-5-6-16(19)15(18)10-13/h2-10H,11H2,1H3. The van der Waals surface area contributed by atoms with Crippen LogP contribution in [0.2, 0.25) is 0 Å². The molecular formula is C17H14BrFN2. The van der Waals surface area contributed by atoms with Gasteiger partial charge >= 0.3 is 0 Å². The zero-order valence-corrected chi connectivity index (χ0v) is 13.1. The van der Waals surface area contributed by atoms with E-state index in [1.807, 2.05) is 18.3 Å². The fourth-order valence-electron chi connectivity index (χ4n) is 2.32. The van der Waals surface area contributed by atoms with Crippen LogP contribution in [0, 0.1) is 12.7 Å². The Kier molecular flexibility index (Phi) is 3.88. The average molecular weight is 345 g/mol. The first-order valence-electron chi connectivity index (χ1n) is 6.65. The molecule has 0 aliphatic heterocycles. The first kappa shape index (κ1) is 14.0. The Bertz CT molecular complexity index is 780. The summed E-state index contributed by atoms with van der Waals surface area (Å²) >= 11 is 3.22. The maximum Gasteiger partial charge on any atom is 0.140 e. The Hall–Kier alpha value is -1.94. The van der Waals surface area contributed by atoms with Crippen molar-refractivity contribution in [3.8, 4) is 11.4 Å². The number of rotatable bonds is 3. The number of nitrogens with zero attached hydrogens (tertiary/aromatic N) is 2. The average Bonchev–Trinajstić information content (AvgIpc) is 2.91. The van der Waals surface area contributed by atoms with Gasteiger partial charge in [0.15, 0.2) is 0 Å². The molecule has 0 saturated carbocycles. The van der Waals surface area contributed by atoms with Crippen LogP contribution in [0.3, 0.4) is 0 Å². The molecule has 1 aromatic heterocycles. The van der Waals surface area contributed by atoms with Crippen LogP contribution in [-0.2, 0) is 6.54 Å². The number of benzene rings is 2. The predicted molar refractivity (Wildman–Crippen MR) is 85.6 cm³/mol. The van der Waals surface area contributed by atoms with E-state index in [9.17, 15) is 4.39 Å². The normalized spacial score (nSPS) is 10.8. The van der Waals surface area contributed by atoms with Gasteiger partial charge in [0, 0.05) is 24.5 Å². The molecule has 3 aromatic rings. The lowest BCUT2D eigenvalue weighted by Crippen LogP contribution is -2.01. The number of hydrogen-bond acceptors (Lipinski definition) is 1.